The highest BCUT2D eigenvalue weighted by atomic mass is 35.5. The molecule has 2 aromatic carbocycles. The van der Waals surface area contributed by atoms with Crippen molar-refractivity contribution < 1.29 is 18.0 Å². The molecular formula is C18H12ClF3N2O2. The highest BCUT2D eigenvalue weighted by molar-refractivity contribution is 6.30. The van der Waals surface area contributed by atoms with Crippen LogP contribution in [0.25, 0.3) is 10.9 Å². The molecule has 1 N–H and O–H groups in total. The van der Waals surface area contributed by atoms with Gasteiger partial charge in [-0.3, -0.25) is 9.59 Å². The van der Waals surface area contributed by atoms with Gasteiger partial charge in [-0.05, 0) is 30.3 Å². The number of para-hydroxylation sites is 1. The van der Waals surface area contributed by atoms with E-state index in [1.54, 1.807) is 35.9 Å². The molecule has 0 aliphatic rings. The summed E-state index contributed by atoms with van der Waals surface area (Å²) in [4.78, 5) is 25.0. The summed E-state index contributed by atoms with van der Waals surface area (Å²) < 4.78 is 41.0. The Balaban J connectivity index is 2.07. The first kappa shape index (κ1) is 18.0. The summed E-state index contributed by atoms with van der Waals surface area (Å²) in [5.74, 6) is -0.927. The van der Waals surface area contributed by atoms with Gasteiger partial charge in [0.1, 0.15) is 5.56 Å². The molecule has 0 saturated carbocycles. The van der Waals surface area contributed by atoms with Gasteiger partial charge in [0, 0.05) is 23.7 Å². The Labute approximate surface area is 150 Å². The van der Waals surface area contributed by atoms with E-state index in [0.717, 1.165) is 12.1 Å². The van der Waals surface area contributed by atoms with Gasteiger partial charge in [0.15, 0.2) is 0 Å². The molecule has 4 nitrogen and oxygen atoms in total. The van der Waals surface area contributed by atoms with Crippen molar-refractivity contribution in [3.05, 3.63) is 75.0 Å². The molecule has 0 aliphatic carbocycles. The summed E-state index contributed by atoms with van der Waals surface area (Å²) >= 11 is 5.62. The Kier molecular flexibility index (Phi) is 4.50. The van der Waals surface area contributed by atoms with Crippen molar-refractivity contribution in [2.75, 3.05) is 5.32 Å². The van der Waals surface area contributed by atoms with Crippen LogP contribution in [0.5, 0.6) is 0 Å². The van der Waals surface area contributed by atoms with Crippen molar-refractivity contribution in [1.82, 2.24) is 4.57 Å². The lowest BCUT2D eigenvalue weighted by Crippen LogP contribution is -2.24. The molecule has 134 valence electrons. The van der Waals surface area contributed by atoms with Crippen LogP contribution in [0.15, 0.2) is 53.5 Å². The number of carbonyl (C=O) groups is 1. The number of nitrogens with one attached hydrogen (secondary N) is 1. The zero-order valence-electron chi connectivity index (χ0n) is 13.4. The molecule has 3 aromatic rings. The van der Waals surface area contributed by atoms with Crippen LogP contribution in [-0.4, -0.2) is 10.5 Å². The zero-order chi connectivity index (χ0) is 19.1. The van der Waals surface area contributed by atoms with E-state index in [4.69, 9.17) is 11.6 Å². The fourth-order valence-corrected chi connectivity index (χ4v) is 2.82. The summed E-state index contributed by atoms with van der Waals surface area (Å²) in [7, 11) is 1.64. The molecule has 1 amide bonds. The number of carbonyl (C=O) groups excluding carboxylic acids is 1. The second-order valence-electron chi connectivity index (χ2n) is 5.64. The van der Waals surface area contributed by atoms with Gasteiger partial charge in [-0.25, -0.2) is 0 Å². The van der Waals surface area contributed by atoms with E-state index in [1.807, 2.05) is 0 Å². The third-order valence-corrected chi connectivity index (χ3v) is 4.11. The van der Waals surface area contributed by atoms with E-state index in [-0.39, 0.29) is 10.6 Å². The molecule has 1 heterocycles. The number of rotatable bonds is 2. The summed E-state index contributed by atoms with van der Waals surface area (Å²) in [6.07, 6.45) is -3.41. The van der Waals surface area contributed by atoms with E-state index in [0.29, 0.717) is 10.9 Å². The average molecular weight is 381 g/mol. The minimum Gasteiger partial charge on any atom is -0.350 e. The number of benzene rings is 2. The number of anilines is 1. The van der Waals surface area contributed by atoms with Gasteiger partial charge >= 0.3 is 6.18 Å². The molecule has 3 rings (SSSR count). The molecule has 0 bridgehead atoms. The first-order valence-corrected chi connectivity index (χ1v) is 7.83. The largest absolute Gasteiger partial charge is 0.418 e. The number of aromatic nitrogens is 1. The quantitative estimate of drug-likeness (QED) is 0.713. The van der Waals surface area contributed by atoms with Gasteiger partial charge in [0.25, 0.3) is 5.91 Å². The number of pyridine rings is 1. The number of alkyl halides is 3. The van der Waals surface area contributed by atoms with Crippen LogP contribution in [0.3, 0.4) is 0 Å². The number of halogens is 4. The van der Waals surface area contributed by atoms with E-state index in [1.165, 1.54) is 12.3 Å². The van der Waals surface area contributed by atoms with Crippen molar-refractivity contribution >= 4 is 34.1 Å². The van der Waals surface area contributed by atoms with Crippen molar-refractivity contribution in [1.29, 1.82) is 0 Å². The van der Waals surface area contributed by atoms with Crippen molar-refractivity contribution in [2.45, 2.75) is 6.18 Å². The molecule has 0 saturated heterocycles. The summed E-state index contributed by atoms with van der Waals surface area (Å²) in [5.41, 5.74) is -1.76. The van der Waals surface area contributed by atoms with Crippen LogP contribution in [0.2, 0.25) is 5.02 Å². The molecule has 0 radical (unpaired) electrons. The highest BCUT2D eigenvalue weighted by Gasteiger charge is 2.34. The maximum absolute atomic E-state index is 13.2. The van der Waals surface area contributed by atoms with Gasteiger partial charge in [-0.15, -0.1) is 0 Å². The minimum atomic E-state index is -4.71. The normalized spacial score (nSPS) is 11.6. The van der Waals surface area contributed by atoms with Crippen molar-refractivity contribution in [3.8, 4) is 0 Å². The summed E-state index contributed by atoms with van der Waals surface area (Å²) in [6, 6.07) is 9.64. The number of aryl methyl sites for hydroxylation is 1. The highest BCUT2D eigenvalue weighted by Crippen LogP contribution is 2.36. The fourth-order valence-electron chi connectivity index (χ4n) is 2.65. The van der Waals surface area contributed by atoms with Crippen LogP contribution >= 0.6 is 11.6 Å². The maximum Gasteiger partial charge on any atom is 0.418 e. The number of nitrogens with zero attached hydrogens (tertiary/aromatic N) is 1. The first-order valence-electron chi connectivity index (χ1n) is 7.45. The first-order chi connectivity index (χ1) is 12.2. The molecule has 0 atom stereocenters. The standard InChI is InChI=1S/C18H12ClF3N2O2/c1-24-9-12(16(25)11-4-2-3-5-15(11)24)17(26)23-14-7-6-10(19)8-13(14)18(20,21)22/h2-9H,1H3,(H,23,26). The predicted octanol–water partition coefficient (Wildman–Crippen LogP) is 4.46. The molecule has 0 unspecified atom stereocenters. The van der Waals surface area contributed by atoms with Crippen LogP contribution in [0.1, 0.15) is 15.9 Å². The van der Waals surface area contributed by atoms with Gasteiger partial charge in [0.05, 0.1) is 16.8 Å². The van der Waals surface area contributed by atoms with Crippen LogP contribution < -0.4 is 10.7 Å². The predicted molar refractivity (Wildman–Crippen MR) is 93.6 cm³/mol. The maximum atomic E-state index is 13.2. The van der Waals surface area contributed by atoms with Gasteiger partial charge < -0.3 is 9.88 Å². The monoisotopic (exact) mass is 380 g/mol. The fraction of sp³-hybridized carbons (Fsp3) is 0.111. The second-order valence-corrected chi connectivity index (χ2v) is 6.08. The molecule has 0 aliphatic heterocycles. The lowest BCUT2D eigenvalue weighted by Gasteiger charge is -2.15. The Morgan fingerprint density at radius 2 is 1.85 bits per heavy atom. The number of hydrogen-bond donors (Lipinski definition) is 1. The molecule has 8 heteroatoms. The SMILES string of the molecule is Cn1cc(C(=O)Nc2ccc(Cl)cc2C(F)(F)F)c(=O)c2ccccc21. The van der Waals surface area contributed by atoms with E-state index < -0.39 is 28.8 Å². The Hall–Kier alpha value is -2.80. The summed E-state index contributed by atoms with van der Waals surface area (Å²) in [6.45, 7) is 0. The Morgan fingerprint density at radius 3 is 2.54 bits per heavy atom. The topological polar surface area (TPSA) is 51.1 Å². The molecule has 0 fully saturated rings. The van der Waals surface area contributed by atoms with Crippen LogP contribution in [-0.2, 0) is 13.2 Å². The van der Waals surface area contributed by atoms with E-state index in [2.05, 4.69) is 5.32 Å². The smallest absolute Gasteiger partial charge is 0.350 e. The van der Waals surface area contributed by atoms with E-state index >= 15 is 0 Å². The lowest BCUT2D eigenvalue weighted by molar-refractivity contribution is -0.136. The average Bonchev–Trinajstić information content (AvgIpc) is 2.58. The Morgan fingerprint density at radius 1 is 1.15 bits per heavy atom. The lowest BCUT2D eigenvalue weighted by atomic mass is 10.1. The van der Waals surface area contributed by atoms with Gasteiger partial charge in [-0.1, -0.05) is 23.7 Å². The van der Waals surface area contributed by atoms with Crippen LogP contribution in [0.4, 0.5) is 18.9 Å². The Bertz CT molecular complexity index is 1070. The van der Waals surface area contributed by atoms with Gasteiger partial charge in [0.2, 0.25) is 5.43 Å². The minimum absolute atomic E-state index is 0.114. The second kappa shape index (κ2) is 6.49. The number of amides is 1. The number of fused-ring (bicyclic) bond motifs is 1. The van der Waals surface area contributed by atoms with Crippen molar-refractivity contribution in [3.63, 3.8) is 0 Å². The van der Waals surface area contributed by atoms with E-state index in [9.17, 15) is 22.8 Å². The number of hydrogen-bond acceptors (Lipinski definition) is 2. The summed E-state index contributed by atoms with van der Waals surface area (Å²) in [5, 5.41) is 2.35. The third kappa shape index (κ3) is 3.30. The van der Waals surface area contributed by atoms with Crippen molar-refractivity contribution in [2.24, 2.45) is 7.05 Å². The third-order valence-electron chi connectivity index (χ3n) is 3.88. The molecular weight excluding hydrogens is 369 g/mol. The zero-order valence-corrected chi connectivity index (χ0v) is 14.2. The molecule has 0 spiro atoms. The molecule has 1 aromatic heterocycles. The van der Waals surface area contributed by atoms with Crippen LogP contribution in [0, 0.1) is 0 Å². The van der Waals surface area contributed by atoms with Gasteiger partial charge in [-0.2, -0.15) is 13.2 Å². The molecule has 26 heavy (non-hydrogen) atoms.